The van der Waals surface area contributed by atoms with Crippen molar-refractivity contribution in [2.45, 2.75) is 6.92 Å². The van der Waals surface area contributed by atoms with Gasteiger partial charge in [-0.05, 0) is 36.8 Å². The van der Waals surface area contributed by atoms with Crippen LogP contribution in [0.15, 0.2) is 42.6 Å². The summed E-state index contributed by atoms with van der Waals surface area (Å²) in [7, 11) is 1.60. The second-order valence-corrected chi connectivity index (χ2v) is 6.11. The van der Waals surface area contributed by atoms with Crippen molar-refractivity contribution in [1.29, 1.82) is 0 Å². The fourth-order valence-corrected chi connectivity index (χ4v) is 3.48. The van der Waals surface area contributed by atoms with Crippen molar-refractivity contribution < 1.29 is 4.74 Å². The molecule has 0 radical (unpaired) electrons. The highest BCUT2D eigenvalue weighted by atomic mass is 32.1. The van der Waals surface area contributed by atoms with Crippen molar-refractivity contribution in [3.05, 3.63) is 48.2 Å². The third-order valence-corrected chi connectivity index (χ3v) is 4.57. The van der Waals surface area contributed by atoms with Crippen LogP contribution in [0, 0.1) is 6.92 Å². The first-order valence-corrected chi connectivity index (χ1v) is 7.73. The highest BCUT2D eigenvalue weighted by molar-refractivity contribution is 7.21. The summed E-state index contributed by atoms with van der Waals surface area (Å²) in [6.07, 6.45) is 1.65. The van der Waals surface area contributed by atoms with Crippen molar-refractivity contribution in [1.82, 2.24) is 15.0 Å². The standard InChI is InChI=1S/C17H13N3OS/c1-10-7-11(16-13(8-10)19-15(21-2)9-18-16)17-20-12-5-3-4-6-14(12)22-17/h3-9H,1-2H3. The summed E-state index contributed by atoms with van der Waals surface area (Å²) in [6.45, 7) is 2.05. The van der Waals surface area contributed by atoms with Crippen molar-refractivity contribution in [2.75, 3.05) is 7.11 Å². The molecule has 0 aliphatic carbocycles. The molecule has 0 aliphatic rings. The minimum absolute atomic E-state index is 0.522. The van der Waals surface area contributed by atoms with Gasteiger partial charge in [-0.3, -0.25) is 0 Å². The Kier molecular flexibility index (Phi) is 3.01. The Morgan fingerprint density at radius 3 is 2.73 bits per heavy atom. The summed E-state index contributed by atoms with van der Waals surface area (Å²) in [5.41, 5.74) is 4.84. The first-order chi connectivity index (χ1) is 10.7. The van der Waals surface area contributed by atoms with Crippen LogP contribution in [-0.2, 0) is 0 Å². The summed E-state index contributed by atoms with van der Waals surface area (Å²) in [5, 5.41) is 0.967. The predicted octanol–water partition coefficient (Wildman–Crippen LogP) is 4.22. The van der Waals surface area contributed by atoms with Crippen LogP contribution in [0.5, 0.6) is 5.88 Å². The number of para-hydroxylation sites is 1. The first kappa shape index (κ1) is 13.2. The maximum absolute atomic E-state index is 5.17. The molecule has 0 saturated carbocycles. The van der Waals surface area contributed by atoms with Gasteiger partial charge in [-0.15, -0.1) is 11.3 Å². The average molecular weight is 307 g/mol. The lowest BCUT2D eigenvalue weighted by Gasteiger charge is -2.06. The van der Waals surface area contributed by atoms with Crippen LogP contribution >= 0.6 is 11.3 Å². The molecule has 5 heteroatoms. The SMILES string of the molecule is COc1cnc2c(-c3nc4ccccc4s3)cc(C)cc2n1. The lowest BCUT2D eigenvalue weighted by Crippen LogP contribution is -1.93. The summed E-state index contributed by atoms with van der Waals surface area (Å²) in [6, 6.07) is 12.3. The van der Waals surface area contributed by atoms with Gasteiger partial charge in [0.1, 0.15) is 5.01 Å². The number of hydrogen-bond donors (Lipinski definition) is 0. The lowest BCUT2D eigenvalue weighted by atomic mass is 10.1. The van der Waals surface area contributed by atoms with E-state index in [-0.39, 0.29) is 0 Å². The van der Waals surface area contributed by atoms with Gasteiger partial charge in [-0.2, -0.15) is 0 Å². The normalized spacial score (nSPS) is 11.2. The number of ether oxygens (including phenoxy) is 1. The Morgan fingerprint density at radius 1 is 1.05 bits per heavy atom. The summed E-state index contributed by atoms with van der Waals surface area (Å²) in [4.78, 5) is 13.7. The minimum atomic E-state index is 0.522. The molecule has 4 nitrogen and oxygen atoms in total. The summed E-state index contributed by atoms with van der Waals surface area (Å²) < 4.78 is 6.34. The Morgan fingerprint density at radius 2 is 1.91 bits per heavy atom. The number of methoxy groups -OCH3 is 1. The maximum Gasteiger partial charge on any atom is 0.232 e. The summed E-state index contributed by atoms with van der Waals surface area (Å²) in [5.74, 6) is 0.522. The van der Waals surface area contributed by atoms with E-state index in [1.54, 1.807) is 24.6 Å². The third-order valence-electron chi connectivity index (χ3n) is 3.50. The highest BCUT2D eigenvalue weighted by Crippen LogP contribution is 2.34. The minimum Gasteiger partial charge on any atom is -0.480 e. The molecular formula is C17H13N3OS. The molecule has 0 unspecified atom stereocenters. The molecule has 0 aliphatic heterocycles. The van der Waals surface area contributed by atoms with Crippen LogP contribution in [0.25, 0.3) is 31.8 Å². The van der Waals surface area contributed by atoms with E-state index in [9.17, 15) is 0 Å². The van der Waals surface area contributed by atoms with Gasteiger partial charge in [-0.25, -0.2) is 15.0 Å². The van der Waals surface area contributed by atoms with Crippen LogP contribution in [0.2, 0.25) is 0 Å². The van der Waals surface area contributed by atoms with Gasteiger partial charge in [0, 0.05) is 5.56 Å². The second-order valence-electron chi connectivity index (χ2n) is 5.08. The van der Waals surface area contributed by atoms with Gasteiger partial charge in [0.25, 0.3) is 0 Å². The number of benzene rings is 2. The van der Waals surface area contributed by atoms with Gasteiger partial charge in [0.15, 0.2) is 0 Å². The molecule has 0 atom stereocenters. The number of aromatic nitrogens is 3. The lowest BCUT2D eigenvalue weighted by molar-refractivity contribution is 0.397. The Hall–Kier alpha value is -2.53. The van der Waals surface area contributed by atoms with Crippen LogP contribution < -0.4 is 4.74 Å². The van der Waals surface area contributed by atoms with E-state index in [1.165, 1.54) is 4.70 Å². The molecule has 22 heavy (non-hydrogen) atoms. The molecule has 0 fully saturated rings. The van der Waals surface area contributed by atoms with Gasteiger partial charge in [-0.1, -0.05) is 12.1 Å². The zero-order valence-electron chi connectivity index (χ0n) is 12.2. The largest absolute Gasteiger partial charge is 0.480 e. The molecule has 4 rings (SSSR count). The number of nitrogens with zero attached hydrogens (tertiary/aromatic N) is 3. The van der Waals surface area contributed by atoms with E-state index in [4.69, 9.17) is 9.72 Å². The average Bonchev–Trinajstić information content (AvgIpc) is 2.97. The fraction of sp³-hybridized carbons (Fsp3) is 0.118. The molecule has 0 amide bonds. The number of rotatable bonds is 2. The molecule has 108 valence electrons. The van der Waals surface area contributed by atoms with Crippen molar-refractivity contribution in [3.63, 3.8) is 0 Å². The fourth-order valence-electron chi connectivity index (χ4n) is 2.50. The third kappa shape index (κ3) is 2.10. The number of hydrogen-bond acceptors (Lipinski definition) is 5. The van der Waals surface area contributed by atoms with E-state index < -0.39 is 0 Å². The van der Waals surface area contributed by atoms with Gasteiger partial charge < -0.3 is 4.74 Å². The van der Waals surface area contributed by atoms with Crippen molar-refractivity contribution in [3.8, 4) is 16.5 Å². The Balaban J connectivity index is 2.00. The highest BCUT2D eigenvalue weighted by Gasteiger charge is 2.13. The number of fused-ring (bicyclic) bond motifs is 2. The van der Waals surface area contributed by atoms with Gasteiger partial charge >= 0.3 is 0 Å². The zero-order valence-corrected chi connectivity index (χ0v) is 13.0. The van der Waals surface area contributed by atoms with Crippen molar-refractivity contribution >= 4 is 32.6 Å². The van der Waals surface area contributed by atoms with E-state index in [1.807, 2.05) is 24.3 Å². The molecule has 2 heterocycles. The van der Waals surface area contributed by atoms with Gasteiger partial charge in [0.05, 0.1) is 34.6 Å². The molecular weight excluding hydrogens is 294 g/mol. The second kappa shape index (κ2) is 5.03. The van der Waals surface area contributed by atoms with E-state index in [0.717, 1.165) is 32.7 Å². The first-order valence-electron chi connectivity index (χ1n) is 6.92. The number of aryl methyl sites for hydroxylation is 1. The smallest absolute Gasteiger partial charge is 0.232 e. The van der Waals surface area contributed by atoms with Crippen LogP contribution in [0.1, 0.15) is 5.56 Å². The van der Waals surface area contributed by atoms with E-state index in [0.29, 0.717) is 5.88 Å². The van der Waals surface area contributed by atoms with Gasteiger partial charge in [0.2, 0.25) is 5.88 Å². The molecule has 0 saturated heterocycles. The molecule has 2 aromatic carbocycles. The van der Waals surface area contributed by atoms with E-state index >= 15 is 0 Å². The zero-order chi connectivity index (χ0) is 15.1. The van der Waals surface area contributed by atoms with Crippen LogP contribution in [0.4, 0.5) is 0 Å². The monoisotopic (exact) mass is 307 g/mol. The molecule has 2 aromatic heterocycles. The topological polar surface area (TPSA) is 47.9 Å². The van der Waals surface area contributed by atoms with Crippen LogP contribution in [-0.4, -0.2) is 22.1 Å². The summed E-state index contributed by atoms with van der Waals surface area (Å²) >= 11 is 1.67. The molecule has 4 aromatic rings. The predicted molar refractivity (Wildman–Crippen MR) is 89.4 cm³/mol. The van der Waals surface area contributed by atoms with E-state index in [2.05, 4.69) is 29.0 Å². The van der Waals surface area contributed by atoms with Crippen molar-refractivity contribution in [2.24, 2.45) is 0 Å². The Bertz CT molecular complexity index is 961. The van der Waals surface area contributed by atoms with Crippen LogP contribution in [0.3, 0.4) is 0 Å². The molecule has 0 bridgehead atoms. The number of thiazole rings is 1. The molecule has 0 spiro atoms. The molecule has 0 N–H and O–H groups in total. The Labute approximate surface area is 131 Å². The maximum atomic E-state index is 5.17. The quantitative estimate of drug-likeness (QED) is 0.556.